The molecule has 1 N–H and O–H groups in total. The van der Waals surface area contributed by atoms with Crippen molar-refractivity contribution in [3.05, 3.63) is 56.5 Å². The molecule has 1 heterocycles. The monoisotopic (exact) mass is 480 g/mol. The van der Waals surface area contributed by atoms with Crippen LogP contribution in [-0.4, -0.2) is 31.7 Å². The standard InChI is InChI=1S/C18H16Cl4N2O3S/c19-12-6-7-13(20)16(9-12)28(26,27)24-8-2-3-11(10-24)18(25)23-17-14(21)4-1-5-15(17)22/h1,4-7,9,11H,2-3,8,10H2,(H,23,25)/t11-/m1/s1. The van der Waals surface area contributed by atoms with Crippen molar-refractivity contribution in [1.82, 2.24) is 4.31 Å². The molecule has 0 aromatic heterocycles. The average Bonchev–Trinajstić information content (AvgIpc) is 2.66. The van der Waals surface area contributed by atoms with Gasteiger partial charge in [0.15, 0.2) is 0 Å². The van der Waals surface area contributed by atoms with E-state index in [4.69, 9.17) is 46.4 Å². The summed E-state index contributed by atoms with van der Waals surface area (Å²) in [4.78, 5) is 12.6. The number of benzene rings is 2. The Kier molecular flexibility index (Phi) is 6.80. The summed E-state index contributed by atoms with van der Waals surface area (Å²) in [5.74, 6) is -0.888. The molecular formula is C18H16Cl4N2O3S. The van der Waals surface area contributed by atoms with Gasteiger partial charge < -0.3 is 5.32 Å². The van der Waals surface area contributed by atoms with E-state index < -0.39 is 15.9 Å². The highest BCUT2D eigenvalue weighted by Crippen LogP contribution is 2.33. The van der Waals surface area contributed by atoms with Crippen LogP contribution in [0.5, 0.6) is 0 Å². The molecule has 150 valence electrons. The van der Waals surface area contributed by atoms with Crippen LogP contribution in [-0.2, 0) is 14.8 Å². The van der Waals surface area contributed by atoms with Gasteiger partial charge >= 0.3 is 0 Å². The zero-order valence-electron chi connectivity index (χ0n) is 14.5. The van der Waals surface area contributed by atoms with Crippen molar-refractivity contribution in [3.63, 3.8) is 0 Å². The minimum absolute atomic E-state index is 0.0269. The van der Waals surface area contributed by atoms with E-state index in [2.05, 4.69) is 5.32 Å². The van der Waals surface area contributed by atoms with E-state index in [1.54, 1.807) is 18.2 Å². The van der Waals surface area contributed by atoms with Gasteiger partial charge in [0.05, 0.1) is 26.7 Å². The number of carbonyl (C=O) groups excluding carboxylic acids is 1. The van der Waals surface area contributed by atoms with Crippen LogP contribution < -0.4 is 5.32 Å². The zero-order valence-corrected chi connectivity index (χ0v) is 18.3. The van der Waals surface area contributed by atoms with Gasteiger partial charge in [-0.15, -0.1) is 0 Å². The van der Waals surface area contributed by atoms with E-state index in [0.29, 0.717) is 35.1 Å². The number of rotatable bonds is 4. The van der Waals surface area contributed by atoms with Crippen molar-refractivity contribution in [3.8, 4) is 0 Å². The van der Waals surface area contributed by atoms with Gasteiger partial charge in [0, 0.05) is 18.1 Å². The predicted octanol–water partition coefficient (Wildman–Crippen LogP) is 5.34. The van der Waals surface area contributed by atoms with E-state index >= 15 is 0 Å². The minimum atomic E-state index is -3.89. The topological polar surface area (TPSA) is 66.5 Å². The molecule has 0 saturated carbocycles. The molecule has 1 atom stereocenters. The van der Waals surface area contributed by atoms with Crippen molar-refractivity contribution in [1.29, 1.82) is 0 Å². The van der Waals surface area contributed by atoms with E-state index in [1.165, 1.54) is 22.5 Å². The number of sulfonamides is 1. The summed E-state index contributed by atoms with van der Waals surface area (Å²) in [5.41, 5.74) is 0.314. The first-order chi connectivity index (χ1) is 13.2. The van der Waals surface area contributed by atoms with Crippen molar-refractivity contribution in [2.45, 2.75) is 17.7 Å². The molecule has 2 aromatic carbocycles. The van der Waals surface area contributed by atoms with E-state index in [9.17, 15) is 13.2 Å². The number of carbonyl (C=O) groups is 1. The maximum Gasteiger partial charge on any atom is 0.244 e. The fourth-order valence-corrected chi connectivity index (χ4v) is 5.78. The summed E-state index contributed by atoms with van der Waals surface area (Å²) in [6.07, 6.45) is 1.08. The quantitative estimate of drug-likeness (QED) is 0.640. The van der Waals surface area contributed by atoms with Crippen LogP contribution >= 0.6 is 46.4 Å². The highest BCUT2D eigenvalue weighted by Gasteiger charge is 2.34. The lowest BCUT2D eigenvalue weighted by Crippen LogP contribution is -2.43. The third-order valence-corrected chi connectivity index (χ3v) is 7.69. The van der Waals surface area contributed by atoms with Gasteiger partial charge in [-0.25, -0.2) is 8.42 Å². The summed E-state index contributed by atoms with van der Waals surface area (Å²) in [7, 11) is -3.89. The van der Waals surface area contributed by atoms with E-state index in [-0.39, 0.29) is 27.4 Å². The van der Waals surface area contributed by atoms with Crippen LogP contribution in [0.2, 0.25) is 20.1 Å². The van der Waals surface area contributed by atoms with Gasteiger partial charge in [-0.2, -0.15) is 4.31 Å². The van der Waals surface area contributed by atoms with Crippen molar-refractivity contribution >= 4 is 68.0 Å². The molecule has 1 saturated heterocycles. The van der Waals surface area contributed by atoms with Crippen LogP contribution in [0.4, 0.5) is 5.69 Å². The SMILES string of the molecule is O=C(Nc1c(Cl)cccc1Cl)[C@@H]1CCCN(S(=O)(=O)c2cc(Cl)ccc2Cl)C1. The minimum Gasteiger partial charge on any atom is -0.323 e. The summed E-state index contributed by atoms with van der Waals surface area (Å²) >= 11 is 24.2. The molecule has 2 aromatic rings. The van der Waals surface area contributed by atoms with Crippen LogP contribution in [0.3, 0.4) is 0 Å². The lowest BCUT2D eigenvalue weighted by molar-refractivity contribution is -0.120. The lowest BCUT2D eigenvalue weighted by atomic mass is 9.98. The van der Waals surface area contributed by atoms with Crippen LogP contribution in [0.1, 0.15) is 12.8 Å². The summed E-state index contributed by atoms with van der Waals surface area (Å²) in [6.45, 7) is 0.320. The Labute approximate surface area is 183 Å². The van der Waals surface area contributed by atoms with Gasteiger partial charge in [-0.3, -0.25) is 4.79 Å². The highest BCUT2D eigenvalue weighted by atomic mass is 35.5. The van der Waals surface area contributed by atoms with Crippen molar-refractivity contribution in [2.75, 3.05) is 18.4 Å². The maximum absolute atomic E-state index is 13.0. The molecule has 1 amide bonds. The summed E-state index contributed by atoms with van der Waals surface area (Å²) in [6, 6.07) is 9.16. The molecule has 28 heavy (non-hydrogen) atoms. The molecule has 0 spiro atoms. The molecule has 1 aliphatic rings. The van der Waals surface area contributed by atoms with Gasteiger partial charge in [-0.05, 0) is 43.2 Å². The molecule has 0 radical (unpaired) electrons. The number of piperidine rings is 1. The van der Waals surface area contributed by atoms with Crippen LogP contribution in [0.15, 0.2) is 41.3 Å². The first kappa shape index (κ1) is 21.7. The Bertz CT molecular complexity index is 994. The Morgan fingerprint density at radius 2 is 1.71 bits per heavy atom. The first-order valence-corrected chi connectivity index (χ1v) is 11.4. The molecule has 5 nitrogen and oxygen atoms in total. The molecule has 0 aliphatic carbocycles. The largest absolute Gasteiger partial charge is 0.323 e. The predicted molar refractivity (Wildman–Crippen MR) is 113 cm³/mol. The van der Waals surface area contributed by atoms with Crippen molar-refractivity contribution in [2.24, 2.45) is 5.92 Å². The molecule has 1 aliphatic heterocycles. The third kappa shape index (κ3) is 4.58. The van der Waals surface area contributed by atoms with Crippen molar-refractivity contribution < 1.29 is 13.2 Å². The number of hydrogen-bond donors (Lipinski definition) is 1. The van der Waals surface area contributed by atoms with Gasteiger partial charge in [0.2, 0.25) is 15.9 Å². The number of nitrogens with zero attached hydrogens (tertiary/aromatic N) is 1. The smallest absolute Gasteiger partial charge is 0.244 e. The zero-order chi connectivity index (χ0) is 20.5. The second-order valence-corrected chi connectivity index (χ2v) is 9.93. The van der Waals surface area contributed by atoms with Gasteiger partial charge in [-0.1, -0.05) is 52.5 Å². The number of hydrogen-bond acceptors (Lipinski definition) is 3. The molecule has 0 unspecified atom stereocenters. The molecule has 1 fully saturated rings. The number of amides is 1. The summed E-state index contributed by atoms with van der Waals surface area (Å²) in [5, 5.41) is 3.68. The first-order valence-electron chi connectivity index (χ1n) is 8.40. The number of nitrogens with one attached hydrogen (secondary N) is 1. The second kappa shape index (κ2) is 8.78. The Hall–Kier alpha value is -1.02. The number of anilines is 1. The van der Waals surface area contributed by atoms with Gasteiger partial charge in [0.1, 0.15) is 4.90 Å². The molecule has 0 bridgehead atoms. The summed E-state index contributed by atoms with van der Waals surface area (Å²) < 4.78 is 27.3. The Morgan fingerprint density at radius 1 is 1.04 bits per heavy atom. The Balaban J connectivity index is 1.80. The maximum atomic E-state index is 13.0. The highest BCUT2D eigenvalue weighted by molar-refractivity contribution is 7.89. The fraction of sp³-hybridized carbons (Fsp3) is 0.278. The van der Waals surface area contributed by atoms with Crippen LogP contribution in [0, 0.1) is 5.92 Å². The molecule has 10 heteroatoms. The normalized spacial score (nSPS) is 18.1. The Morgan fingerprint density at radius 3 is 2.39 bits per heavy atom. The second-order valence-electron chi connectivity index (χ2n) is 6.36. The molecule has 3 rings (SSSR count). The average molecular weight is 482 g/mol. The number of halogens is 4. The molecular weight excluding hydrogens is 466 g/mol. The van der Waals surface area contributed by atoms with Crippen LogP contribution in [0.25, 0.3) is 0 Å². The third-order valence-electron chi connectivity index (χ3n) is 4.48. The lowest BCUT2D eigenvalue weighted by Gasteiger charge is -2.31. The van der Waals surface area contributed by atoms with E-state index in [0.717, 1.165) is 0 Å². The fourth-order valence-electron chi connectivity index (χ4n) is 3.03. The number of para-hydroxylation sites is 1. The van der Waals surface area contributed by atoms with Gasteiger partial charge in [0.25, 0.3) is 0 Å². The van der Waals surface area contributed by atoms with E-state index in [1.807, 2.05) is 0 Å².